The molecule has 7 heteroatoms. The Hall–Kier alpha value is -2.18. The molecular weight excluding hydrogens is 230 g/mol. The number of rotatable bonds is 3. The van der Waals surface area contributed by atoms with Gasteiger partial charge in [0.2, 0.25) is 17.8 Å². The molecule has 0 saturated heterocycles. The SMILES string of the molecule is CC1(C)CC1Nc1nc(N)nc(-n2ccnc2)n1. The molecule has 1 aliphatic carbocycles. The van der Waals surface area contributed by atoms with Crippen LogP contribution in [0.1, 0.15) is 20.3 Å². The Balaban J connectivity index is 1.87. The fourth-order valence-electron chi connectivity index (χ4n) is 1.81. The van der Waals surface area contributed by atoms with Crippen LogP contribution in [-0.2, 0) is 0 Å². The Kier molecular flexibility index (Phi) is 2.22. The highest BCUT2D eigenvalue weighted by Crippen LogP contribution is 2.46. The lowest BCUT2D eigenvalue weighted by atomic mass is 10.2. The zero-order chi connectivity index (χ0) is 12.8. The molecule has 0 bridgehead atoms. The number of aromatic nitrogens is 5. The molecule has 1 atom stereocenters. The normalized spacial score (nSPS) is 20.7. The van der Waals surface area contributed by atoms with Crippen molar-refractivity contribution in [3.05, 3.63) is 18.7 Å². The van der Waals surface area contributed by atoms with Gasteiger partial charge in [0.15, 0.2) is 0 Å². The summed E-state index contributed by atoms with van der Waals surface area (Å²) in [7, 11) is 0. The smallest absolute Gasteiger partial charge is 0.241 e. The van der Waals surface area contributed by atoms with Gasteiger partial charge in [-0.3, -0.25) is 4.57 Å². The van der Waals surface area contributed by atoms with Crippen LogP contribution in [-0.4, -0.2) is 30.5 Å². The second-order valence-electron chi connectivity index (χ2n) is 5.18. The summed E-state index contributed by atoms with van der Waals surface area (Å²) in [6.45, 7) is 4.40. The molecule has 3 N–H and O–H groups in total. The molecule has 0 spiro atoms. The number of hydrogen-bond donors (Lipinski definition) is 2. The van der Waals surface area contributed by atoms with Crippen LogP contribution in [0.25, 0.3) is 5.95 Å². The molecule has 3 rings (SSSR count). The number of hydrogen-bond acceptors (Lipinski definition) is 6. The maximum atomic E-state index is 5.69. The highest BCUT2D eigenvalue weighted by Gasteiger charge is 2.46. The molecule has 18 heavy (non-hydrogen) atoms. The minimum absolute atomic E-state index is 0.203. The predicted molar refractivity (Wildman–Crippen MR) is 67.2 cm³/mol. The summed E-state index contributed by atoms with van der Waals surface area (Å²) in [6, 6.07) is 0.398. The lowest BCUT2D eigenvalue weighted by molar-refractivity contribution is 0.628. The van der Waals surface area contributed by atoms with Gasteiger partial charge in [-0.2, -0.15) is 15.0 Å². The third kappa shape index (κ3) is 1.99. The third-order valence-electron chi connectivity index (χ3n) is 3.19. The Labute approximate surface area is 104 Å². The first-order valence-corrected chi connectivity index (χ1v) is 5.81. The van der Waals surface area contributed by atoms with Crippen LogP contribution in [0.2, 0.25) is 0 Å². The Morgan fingerprint density at radius 2 is 2.17 bits per heavy atom. The molecule has 2 heterocycles. The lowest BCUT2D eigenvalue weighted by Crippen LogP contribution is -2.14. The number of nitrogen functional groups attached to an aromatic ring is 1. The topological polar surface area (TPSA) is 94.5 Å². The maximum Gasteiger partial charge on any atom is 0.241 e. The average molecular weight is 245 g/mol. The van der Waals surface area contributed by atoms with E-state index in [0.717, 1.165) is 6.42 Å². The lowest BCUT2D eigenvalue weighted by Gasteiger charge is -2.08. The van der Waals surface area contributed by atoms with E-state index >= 15 is 0 Å². The molecule has 2 aromatic heterocycles. The van der Waals surface area contributed by atoms with Crippen molar-refractivity contribution in [1.29, 1.82) is 0 Å². The van der Waals surface area contributed by atoms with Gasteiger partial charge in [-0.15, -0.1) is 0 Å². The summed E-state index contributed by atoms with van der Waals surface area (Å²) in [5, 5.41) is 3.27. The predicted octanol–water partition coefficient (Wildman–Crippen LogP) is 0.850. The van der Waals surface area contributed by atoms with E-state index in [2.05, 4.69) is 39.1 Å². The average Bonchev–Trinajstić information content (AvgIpc) is 2.76. The zero-order valence-electron chi connectivity index (χ0n) is 10.3. The maximum absolute atomic E-state index is 5.69. The quantitative estimate of drug-likeness (QED) is 0.832. The van der Waals surface area contributed by atoms with E-state index in [0.29, 0.717) is 23.4 Å². The summed E-state index contributed by atoms with van der Waals surface area (Å²) in [5.74, 6) is 1.19. The van der Waals surface area contributed by atoms with Crippen LogP contribution < -0.4 is 11.1 Å². The van der Waals surface area contributed by atoms with E-state index in [1.165, 1.54) is 0 Å². The van der Waals surface area contributed by atoms with Gasteiger partial charge in [-0.1, -0.05) is 13.8 Å². The molecule has 94 valence electrons. The minimum atomic E-state index is 0.203. The summed E-state index contributed by atoms with van der Waals surface area (Å²) < 4.78 is 1.70. The number of nitrogens with two attached hydrogens (primary N) is 1. The second kappa shape index (κ2) is 3.66. The molecule has 2 aromatic rings. The molecule has 1 saturated carbocycles. The number of nitrogens with zero attached hydrogens (tertiary/aromatic N) is 5. The van der Waals surface area contributed by atoms with Crippen molar-refractivity contribution in [1.82, 2.24) is 24.5 Å². The molecule has 1 fully saturated rings. The van der Waals surface area contributed by atoms with Gasteiger partial charge in [0.05, 0.1) is 0 Å². The van der Waals surface area contributed by atoms with Crippen molar-refractivity contribution in [3.63, 3.8) is 0 Å². The summed E-state index contributed by atoms with van der Waals surface area (Å²) in [4.78, 5) is 16.5. The molecule has 1 aliphatic rings. The molecule has 7 nitrogen and oxygen atoms in total. The van der Waals surface area contributed by atoms with Crippen LogP contribution in [0, 0.1) is 5.41 Å². The molecule has 0 amide bonds. The molecular formula is C11H15N7. The van der Waals surface area contributed by atoms with Crippen LogP contribution in [0.5, 0.6) is 0 Å². The van der Waals surface area contributed by atoms with Crippen LogP contribution >= 0.6 is 0 Å². The van der Waals surface area contributed by atoms with E-state index in [1.54, 1.807) is 23.3 Å². The Bertz CT molecular complexity index is 561. The zero-order valence-corrected chi connectivity index (χ0v) is 10.3. The van der Waals surface area contributed by atoms with Crippen molar-refractivity contribution in [2.75, 3.05) is 11.1 Å². The van der Waals surface area contributed by atoms with E-state index in [1.807, 2.05) is 0 Å². The van der Waals surface area contributed by atoms with Crippen molar-refractivity contribution < 1.29 is 0 Å². The molecule has 0 aromatic carbocycles. The van der Waals surface area contributed by atoms with Crippen LogP contribution in [0.4, 0.5) is 11.9 Å². The molecule has 0 radical (unpaired) electrons. The fourth-order valence-corrected chi connectivity index (χ4v) is 1.81. The van der Waals surface area contributed by atoms with Crippen molar-refractivity contribution in [2.45, 2.75) is 26.3 Å². The van der Waals surface area contributed by atoms with Gasteiger partial charge in [-0.25, -0.2) is 4.98 Å². The molecule has 0 aliphatic heterocycles. The Morgan fingerprint density at radius 3 is 2.78 bits per heavy atom. The molecule has 1 unspecified atom stereocenters. The highest BCUT2D eigenvalue weighted by atomic mass is 15.3. The first kappa shape index (κ1) is 10.9. The first-order valence-electron chi connectivity index (χ1n) is 5.81. The second-order valence-corrected chi connectivity index (χ2v) is 5.18. The third-order valence-corrected chi connectivity index (χ3v) is 3.19. The Morgan fingerprint density at radius 1 is 1.39 bits per heavy atom. The monoisotopic (exact) mass is 245 g/mol. The van der Waals surface area contributed by atoms with Crippen LogP contribution in [0.3, 0.4) is 0 Å². The van der Waals surface area contributed by atoms with Crippen molar-refractivity contribution in [3.8, 4) is 5.95 Å². The summed E-state index contributed by atoms with van der Waals surface area (Å²) in [6.07, 6.45) is 6.16. The van der Waals surface area contributed by atoms with Gasteiger partial charge in [0.25, 0.3) is 0 Å². The fraction of sp³-hybridized carbons (Fsp3) is 0.455. The number of anilines is 2. The first-order chi connectivity index (χ1) is 8.54. The standard InChI is InChI=1S/C11H15N7/c1-11(2)5-7(11)14-9-15-8(12)16-10(17-9)18-4-3-13-6-18/h3-4,6-7H,5H2,1-2H3,(H3,12,14,15,16,17). The minimum Gasteiger partial charge on any atom is -0.368 e. The van der Waals surface area contributed by atoms with Gasteiger partial charge < -0.3 is 11.1 Å². The van der Waals surface area contributed by atoms with E-state index < -0.39 is 0 Å². The van der Waals surface area contributed by atoms with E-state index in [-0.39, 0.29) is 5.95 Å². The summed E-state index contributed by atoms with van der Waals surface area (Å²) >= 11 is 0. The van der Waals surface area contributed by atoms with Crippen LogP contribution in [0.15, 0.2) is 18.7 Å². The van der Waals surface area contributed by atoms with Gasteiger partial charge >= 0.3 is 0 Å². The van der Waals surface area contributed by atoms with Gasteiger partial charge in [0, 0.05) is 18.4 Å². The van der Waals surface area contributed by atoms with Crippen molar-refractivity contribution >= 4 is 11.9 Å². The largest absolute Gasteiger partial charge is 0.368 e. The van der Waals surface area contributed by atoms with E-state index in [4.69, 9.17) is 5.73 Å². The highest BCUT2D eigenvalue weighted by molar-refractivity contribution is 5.38. The van der Waals surface area contributed by atoms with Gasteiger partial charge in [0.1, 0.15) is 6.33 Å². The number of nitrogens with one attached hydrogen (secondary N) is 1. The van der Waals surface area contributed by atoms with Gasteiger partial charge in [-0.05, 0) is 11.8 Å². The summed E-state index contributed by atoms with van der Waals surface area (Å²) in [5.41, 5.74) is 6.00. The number of imidazole rings is 1. The van der Waals surface area contributed by atoms with E-state index in [9.17, 15) is 0 Å². The van der Waals surface area contributed by atoms with Crippen molar-refractivity contribution in [2.24, 2.45) is 5.41 Å².